The van der Waals surface area contributed by atoms with Gasteiger partial charge in [0, 0.05) is 24.8 Å². The van der Waals surface area contributed by atoms with Gasteiger partial charge in [-0.25, -0.2) is 0 Å². The van der Waals surface area contributed by atoms with Crippen LogP contribution < -0.4 is 5.32 Å². The fraction of sp³-hybridized carbons (Fsp3) is 0.900. The molecule has 14 heavy (non-hydrogen) atoms. The van der Waals surface area contributed by atoms with Gasteiger partial charge in [0.15, 0.2) is 0 Å². The summed E-state index contributed by atoms with van der Waals surface area (Å²) in [5.74, 6) is 0.946. The Kier molecular flexibility index (Phi) is 3.34. The molecular weight excluding hydrogens is 196 g/mol. The summed E-state index contributed by atoms with van der Waals surface area (Å²) in [5.41, 5.74) is 0. The minimum Gasteiger partial charge on any atom is -0.341 e. The van der Waals surface area contributed by atoms with Crippen molar-refractivity contribution in [3.8, 4) is 0 Å². The van der Waals surface area contributed by atoms with Crippen molar-refractivity contribution < 1.29 is 4.79 Å². The second-order valence-electron chi connectivity index (χ2n) is 4.37. The van der Waals surface area contributed by atoms with E-state index in [1.807, 2.05) is 4.90 Å². The van der Waals surface area contributed by atoms with Crippen LogP contribution in [-0.2, 0) is 4.79 Å². The number of rotatable bonds is 2. The lowest BCUT2D eigenvalue weighted by molar-refractivity contribution is -0.128. The molecule has 2 aliphatic heterocycles. The number of amides is 1. The summed E-state index contributed by atoms with van der Waals surface area (Å²) in [7, 11) is 0. The highest BCUT2D eigenvalue weighted by Gasteiger charge is 2.29. The Morgan fingerprint density at radius 2 is 2.43 bits per heavy atom. The average molecular weight is 214 g/mol. The lowest BCUT2D eigenvalue weighted by Gasteiger charge is -2.27. The molecule has 0 aromatic heterocycles. The van der Waals surface area contributed by atoms with E-state index < -0.39 is 0 Å². The van der Waals surface area contributed by atoms with Crippen LogP contribution in [0.25, 0.3) is 0 Å². The van der Waals surface area contributed by atoms with Crippen LogP contribution in [0.2, 0.25) is 0 Å². The highest BCUT2D eigenvalue weighted by molar-refractivity contribution is 7.81. The summed E-state index contributed by atoms with van der Waals surface area (Å²) in [5, 5.41) is 3.64. The van der Waals surface area contributed by atoms with Crippen LogP contribution >= 0.6 is 12.6 Å². The molecule has 2 rings (SSSR count). The molecular formula is C10H18N2OS. The quantitative estimate of drug-likeness (QED) is 0.657. The Balaban J connectivity index is 1.81. The molecule has 2 aliphatic rings. The summed E-state index contributed by atoms with van der Waals surface area (Å²) in [6.45, 7) is 3.99. The van der Waals surface area contributed by atoms with Gasteiger partial charge in [0.1, 0.15) is 0 Å². The van der Waals surface area contributed by atoms with Gasteiger partial charge >= 0.3 is 0 Å². The van der Waals surface area contributed by atoms with Gasteiger partial charge in [-0.05, 0) is 31.8 Å². The van der Waals surface area contributed by atoms with Crippen molar-refractivity contribution in [2.45, 2.75) is 24.5 Å². The number of nitrogens with zero attached hydrogens (tertiary/aromatic N) is 1. The smallest absolute Gasteiger partial charge is 0.223 e. The summed E-state index contributed by atoms with van der Waals surface area (Å²) in [6.07, 6.45) is 3.13. The first-order chi connectivity index (χ1) is 6.75. The molecule has 3 nitrogen and oxygen atoms in total. The van der Waals surface area contributed by atoms with Gasteiger partial charge in [0.05, 0.1) is 0 Å². The first-order valence-electron chi connectivity index (χ1n) is 5.42. The Labute approximate surface area is 90.6 Å². The Morgan fingerprint density at radius 1 is 1.57 bits per heavy atom. The molecule has 0 aromatic rings. The predicted molar refractivity (Wildman–Crippen MR) is 59.6 cm³/mol. The number of hydrogen-bond donors (Lipinski definition) is 2. The Bertz CT molecular complexity index is 216. The molecule has 1 N–H and O–H groups in total. The minimum absolute atomic E-state index is 0.263. The monoisotopic (exact) mass is 214 g/mol. The molecule has 2 heterocycles. The van der Waals surface area contributed by atoms with E-state index in [0.29, 0.717) is 12.3 Å². The van der Waals surface area contributed by atoms with Gasteiger partial charge in [-0.2, -0.15) is 12.6 Å². The first-order valence-corrected chi connectivity index (χ1v) is 5.94. The van der Waals surface area contributed by atoms with Crippen molar-refractivity contribution in [3.05, 3.63) is 0 Å². The largest absolute Gasteiger partial charge is 0.341 e. The molecule has 0 radical (unpaired) electrons. The summed E-state index contributed by atoms with van der Waals surface area (Å²) in [4.78, 5) is 13.5. The Hall–Kier alpha value is -0.220. The van der Waals surface area contributed by atoms with Crippen LogP contribution in [0.15, 0.2) is 0 Å². The number of carbonyl (C=O) groups is 1. The van der Waals surface area contributed by atoms with Crippen molar-refractivity contribution in [2.75, 3.05) is 26.2 Å². The van der Waals surface area contributed by atoms with E-state index in [9.17, 15) is 4.79 Å². The third-order valence-electron chi connectivity index (χ3n) is 3.07. The second-order valence-corrected chi connectivity index (χ2v) is 5.10. The topological polar surface area (TPSA) is 32.3 Å². The maximum Gasteiger partial charge on any atom is 0.223 e. The highest BCUT2D eigenvalue weighted by atomic mass is 32.1. The lowest BCUT2D eigenvalue weighted by Crippen LogP contribution is -2.39. The second kappa shape index (κ2) is 4.53. The van der Waals surface area contributed by atoms with Crippen LogP contribution in [0.3, 0.4) is 0 Å². The average Bonchev–Trinajstić information content (AvgIpc) is 2.47. The fourth-order valence-electron chi connectivity index (χ4n) is 2.32. The number of piperidine rings is 1. The zero-order valence-corrected chi connectivity index (χ0v) is 9.30. The molecule has 0 spiro atoms. The fourth-order valence-corrected chi connectivity index (χ4v) is 2.67. The molecule has 2 fully saturated rings. The van der Waals surface area contributed by atoms with Crippen LogP contribution in [0.5, 0.6) is 0 Å². The molecule has 0 bridgehead atoms. The number of thiol groups is 1. The zero-order chi connectivity index (χ0) is 9.97. The molecule has 0 aromatic carbocycles. The van der Waals surface area contributed by atoms with Gasteiger partial charge < -0.3 is 10.2 Å². The van der Waals surface area contributed by atoms with Crippen molar-refractivity contribution >= 4 is 18.5 Å². The van der Waals surface area contributed by atoms with E-state index in [-0.39, 0.29) is 11.2 Å². The normalized spacial score (nSPS) is 33.8. The third-order valence-corrected chi connectivity index (χ3v) is 3.42. The number of likely N-dealkylation sites (tertiary alicyclic amines) is 1. The van der Waals surface area contributed by atoms with Gasteiger partial charge in [-0.15, -0.1) is 0 Å². The maximum atomic E-state index is 11.5. The van der Waals surface area contributed by atoms with Gasteiger partial charge in [-0.1, -0.05) is 0 Å². The Morgan fingerprint density at radius 3 is 3.00 bits per heavy atom. The van der Waals surface area contributed by atoms with E-state index in [2.05, 4.69) is 17.9 Å². The molecule has 2 saturated heterocycles. The first kappa shape index (κ1) is 10.3. The van der Waals surface area contributed by atoms with E-state index >= 15 is 0 Å². The van der Waals surface area contributed by atoms with Crippen molar-refractivity contribution in [1.82, 2.24) is 10.2 Å². The maximum absolute atomic E-state index is 11.5. The number of hydrogen-bond acceptors (Lipinski definition) is 3. The van der Waals surface area contributed by atoms with E-state index in [1.54, 1.807) is 0 Å². The zero-order valence-electron chi connectivity index (χ0n) is 8.41. The van der Waals surface area contributed by atoms with Gasteiger partial charge in [-0.3, -0.25) is 4.79 Å². The third kappa shape index (κ3) is 2.42. The standard InChI is InChI=1S/C10H18N2OS/c13-10-4-9(14)7-12(10)6-8-2-1-3-11-5-8/h8-9,11,14H,1-7H2. The lowest BCUT2D eigenvalue weighted by atomic mass is 9.99. The van der Waals surface area contributed by atoms with Gasteiger partial charge in [0.25, 0.3) is 0 Å². The molecule has 2 unspecified atom stereocenters. The number of carbonyl (C=O) groups excluding carboxylic acids is 1. The molecule has 4 heteroatoms. The number of nitrogens with one attached hydrogen (secondary N) is 1. The van der Waals surface area contributed by atoms with Gasteiger partial charge in [0.2, 0.25) is 5.91 Å². The van der Waals surface area contributed by atoms with E-state index in [1.165, 1.54) is 12.8 Å². The molecule has 2 atom stereocenters. The molecule has 0 aliphatic carbocycles. The van der Waals surface area contributed by atoms with Crippen molar-refractivity contribution in [3.63, 3.8) is 0 Å². The van der Waals surface area contributed by atoms with Crippen LogP contribution in [0.1, 0.15) is 19.3 Å². The minimum atomic E-state index is 0.263. The van der Waals surface area contributed by atoms with Crippen LogP contribution in [-0.4, -0.2) is 42.2 Å². The van der Waals surface area contributed by atoms with Crippen molar-refractivity contribution in [2.24, 2.45) is 5.92 Å². The summed E-state index contributed by atoms with van der Waals surface area (Å²) >= 11 is 4.35. The van der Waals surface area contributed by atoms with Crippen molar-refractivity contribution in [1.29, 1.82) is 0 Å². The van der Waals surface area contributed by atoms with Crippen LogP contribution in [0, 0.1) is 5.92 Å². The summed E-state index contributed by atoms with van der Waals surface area (Å²) < 4.78 is 0. The predicted octanol–water partition coefficient (Wildman–Crippen LogP) is 0.517. The SMILES string of the molecule is O=C1CC(S)CN1CC1CCCNC1. The molecule has 0 saturated carbocycles. The van der Waals surface area contributed by atoms with Crippen LogP contribution in [0.4, 0.5) is 0 Å². The van der Waals surface area contributed by atoms with E-state index in [4.69, 9.17) is 0 Å². The summed E-state index contributed by atoms with van der Waals surface area (Å²) in [6, 6.07) is 0. The molecule has 1 amide bonds. The molecule has 80 valence electrons. The highest BCUT2D eigenvalue weighted by Crippen LogP contribution is 2.19. The van der Waals surface area contributed by atoms with E-state index in [0.717, 1.165) is 26.2 Å².